The van der Waals surface area contributed by atoms with E-state index < -0.39 is 0 Å². The van der Waals surface area contributed by atoms with Gasteiger partial charge in [0.2, 0.25) is 0 Å². The molecule has 4 heteroatoms. The number of aromatic hydroxyl groups is 1. The number of aldehydes is 1. The fourth-order valence-corrected chi connectivity index (χ4v) is 1.76. The Kier molecular flexibility index (Phi) is 2.87. The number of benzene rings is 2. The van der Waals surface area contributed by atoms with E-state index in [0.717, 1.165) is 0 Å². The Morgan fingerprint density at radius 2 is 1.82 bits per heavy atom. The summed E-state index contributed by atoms with van der Waals surface area (Å²) in [6.45, 7) is 0. The molecule has 0 unspecified atom stereocenters. The van der Waals surface area contributed by atoms with Crippen molar-refractivity contribution in [1.82, 2.24) is 0 Å². The highest BCUT2D eigenvalue weighted by Crippen LogP contribution is 2.36. The molecule has 0 heterocycles. The lowest BCUT2D eigenvalue weighted by Crippen LogP contribution is -1.90. The molecule has 0 aliphatic heterocycles. The average Bonchev–Trinajstić information content (AvgIpc) is 2.37. The van der Waals surface area contributed by atoms with Crippen LogP contribution in [0.2, 0.25) is 0 Å². The van der Waals surface area contributed by atoms with E-state index in [4.69, 9.17) is 9.47 Å². The molecular weight excluding hydrogens is 220 g/mol. The van der Waals surface area contributed by atoms with E-state index in [0.29, 0.717) is 34.1 Å². The minimum Gasteiger partial charge on any atom is -0.507 e. The van der Waals surface area contributed by atoms with E-state index in [1.54, 1.807) is 18.2 Å². The Hall–Kier alpha value is -2.23. The molecule has 2 rings (SSSR count). The zero-order valence-electron chi connectivity index (χ0n) is 9.56. The van der Waals surface area contributed by atoms with Crippen LogP contribution < -0.4 is 9.47 Å². The first kappa shape index (κ1) is 11.3. The summed E-state index contributed by atoms with van der Waals surface area (Å²) in [5, 5.41) is 11.1. The Morgan fingerprint density at radius 3 is 2.41 bits per heavy atom. The van der Waals surface area contributed by atoms with Gasteiger partial charge < -0.3 is 14.6 Å². The van der Waals surface area contributed by atoms with Crippen molar-refractivity contribution in [3.05, 3.63) is 29.8 Å². The second-order valence-corrected chi connectivity index (χ2v) is 3.58. The number of methoxy groups -OCH3 is 2. The first-order valence-corrected chi connectivity index (χ1v) is 5.03. The van der Waals surface area contributed by atoms with Gasteiger partial charge in [0.05, 0.1) is 14.2 Å². The number of rotatable bonds is 3. The molecule has 17 heavy (non-hydrogen) atoms. The van der Waals surface area contributed by atoms with Gasteiger partial charge in [-0.05, 0) is 18.2 Å². The Morgan fingerprint density at radius 1 is 1.06 bits per heavy atom. The van der Waals surface area contributed by atoms with Gasteiger partial charge in [-0.15, -0.1) is 0 Å². The van der Waals surface area contributed by atoms with Gasteiger partial charge in [-0.2, -0.15) is 0 Å². The summed E-state index contributed by atoms with van der Waals surface area (Å²) in [6.07, 6.45) is 0.683. The predicted octanol–water partition coefficient (Wildman–Crippen LogP) is 2.38. The molecule has 88 valence electrons. The van der Waals surface area contributed by atoms with Crippen LogP contribution in [-0.4, -0.2) is 25.6 Å². The SMILES string of the molecule is COc1cc(OC)c2cc(C=O)cc(O)c2c1. The normalized spacial score (nSPS) is 10.2. The molecule has 2 aromatic rings. The zero-order valence-corrected chi connectivity index (χ0v) is 9.56. The van der Waals surface area contributed by atoms with Crippen LogP contribution >= 0.6 is 0 Å². The smallest absolute Gasteiger partial charge is 0.150 e. The summed E-state index contributed by atoms with van der Waals surface area (Å²) >= 11 is 0. The van der Waals surface area contributed by atoms with Crippen molar-refractivity contribution in [2.75, 3.05) is 14.2 Å². The summed E-state index contributed by atoms with van der Waals surface area (Å²) in [5.41, 5.74) is 0.401. The number of phenols is 1. The second kappa shape index (κ2) is 4.33. The summed E-state index contributed by atoms with van der Waals surface area (Å²) in [7, 11) is 3.07. The number of ether oxygens (including phenoxy) is 2. The Balaban J connectivity index is 2.83. The maximum absolute atomic E-state index is 10.7. The third-order valence-electron chi connectivity index (χ3n) is 2.60. The molecule has 0 aromatic heterocycles. The summed E-state index contributed by atoms with van der Waals surface area (Å²) in [4.78, 5) is 10.7. The van der Waals surface area contributed by atoms with Gasteiger partial charge in [-0.3, -0.25) is 4.79 Å². The lowest BCUT2D eigenvalue weighted by atomic mass is 10.0. The minimum atomic E-state index is 0.0294. The molecule has 0 aliphatic carbocycles. The molecular formula is C13H12O4. The van der Waals surface area contributed by atoms with Crippen molar-refractivity contribution >= 4 is 17.1 Å². The molecule has 1 N–H and O–H groups in total. The van der Waals surface area contributed by atoms with Gasteiger partial charge in [-0.25, -0.2) is 0 Å². The van der Waals surface area contributed by atoms with Crippen LogP contribution in [-0.2, 0) is 0 Å². The Bertz CT molecular complexity index is 575. The molecule has 0 spiro atoms. The van der Waals surface area contributed by atoms with E-state index in [-0.39, 0.29) is 5.75 Å². The predicted molar refractivity (Wildman–Crippen MR) is 64.1 cm³/mol. The van der Waals surface area contributed by atoms with E-state index >= 15 is 0 Å². The first-order valence-electron chi connectivity index (χ1n) is 5.03. The minimum absolute atomic E-state index is 0.0294. The second-order valence-electron chi connectivity index (χ2n) is 3.58. The van der Waals surface area contributed by atoms with Crippen LogP contribution in [0.3, 0.4) is 0 Å². The average molecular weight is 232 g/mol. The molecule has 2 aromatic carbocycles. The Labute approximate surface area is 98.4 Å². The summed E-state index contributed by atoms with van der Waals surface area (Å²) in [5.74, 6) is 1.17. The number of fused-ring (bicyclic) bond motifs is 1. The highest BCUT2D eigenvalue weighted by Gasteiger charge is 2.10. The van der Waals surface area contributed by atoms with E-state index in [2.05, 4.69) is 0 Å². The molecule has 0 saturated heterocycles. The number of carbonyl (C=O) groups excluding carboxylic acids is 1. The molecule has 0 atom stereocenters. The summed E-state index contributed by atoms with van der Waals surface area (Å²) in [6, 6.07) is 6.48. The summed E-state index contributed by atoms with van der Waals surface area (Å²) < 4.78 is 10.3. The number of carbonyl (C=O) groups is 1. The number of hydrogen-bond acceptors (Lipinski definition) is 4. The van der Waals surface area contributed by atoms with Gasteiger partial charge in [0.1, 0.15) is 23.5 Å². The van der Waals surface area contributed by atoms with Crippen molar-refractivity contribution in [3.63, 3.8) is 0 Å². The highest BCUT2D eigenvalue weighted by atomic mass is 16.5. The van der Waals surface area contributed by atoms with Gasteiger partial charge in [0.15, 0.2) is 0 Å². The zero-order chi connectivity index (χ0) is 12.4. The van der Waals surface area contributed by atoms with Gasteiger partial charge in [-0.1, -0.05) is 0 Å². The van der Waals surface area contributed by atoms with Crippen LogP contribution in [0.5, 0.6) is 17.2 Å². The number of hydrogen-bond donors (Lipinski definition) is 1. The van der Waals surface area contributed by atoms with Gasteiger partial charge in [0.25, 0.3) is 0 Å². The quantitative estimate of drug-likeness (QED) is 0.825. The third-order valence-corrected chi connectivity index (χ3v) is 2.60. The van der Waals surface area contributed by atoms with Crippen LogP contribution in [0.25, 0.3) is 10.8 Å². The largest absolute Gasteiger partial charge is 0.507 e. The van der Waals surface area contributed by atoms with Crippen molar-refractivity contribution in [3.8, 4) is 17.2 Å². The fourth-order valence-electron chi connectivity index (χ4n) is 1.76. The molecule has 0 aliphatic rings. The maximum atomic E-state index is 10.7. The van der Waals surface area contributed by atoms with E-state index in [1.807, 2.05) is 0 Å². The van der Waals surface area contributed by atoms with Crippen molar-refractivity contribution in [1.29, 1.82) is 0 Å². The molecule has 0 radical (unpaired) electrons. The maximum Gasteiger partial charge on any atom is 0.150 e. The van der Waals surface area contributed by atoms with Crippen LogP contribution in [0.4, 0.5) is 0 Å². The molecule has 0 saturated carbocycles. The number of phenolic OH excluding ortho intramolecular Hbond substituents is 1. The van der Waals surface area contributed by atoms with Crippen molar-refractivity contribution in [2.24, 2.45) is 0 Å². The van der Waals surface area contributed by atoms with Crippen LogP contribution in [0.1, 0.15) is 10.4 Å². The van der Waals surface area contributed by atoms with E-state index in [1.165, 1.54) is 20.3 Å². The first-order chi connectivity index (χ1) is 8.19. The lowest BCUT2D eigenvalue weighted by Gasteiger charge is -2.10. The van der Waals surface area contributed by atoms with Crippen LogP contribution in [0.15, 0.2) is 24.3 Å². The molecule has 0 bridgehead atoms. The van der Waals surface area contributed by atoms with Gasteiger partial charge in [0, 0.05) is 22.4 Å². The van der Waals surface area contributed by atoms with E-state index in [9.17, 15) is 9.90 Å². The monoisotopic (exact) mass is 232 g/mol. The van der Waals surface area contributed by atoms with Crippen molar-refractivity contribution < 1.29 is 19.4 Å². The molecule has 4 nitrogen and oxygen atoms in total. The molecule has 0 amide bonds. The van der Waals surface area contributed by atoms with Gasteiger partial charge >= 0.3 is 0 Å². The van der Waals surface area contributed by atoms with Crippen molar-refractivity contribution in [2.45, 2.75) is 0 Å². The third kappa shape index (κ3) is 1.89. The standard InChI is InChI=1S/C13H12O4/c1-16-9-5-10-11(13(6-9)17-2)3-8(7-14)4-12(10)15/h3-7,15H,1-2H3. The highest BCUT2D eigenvalue weighted by molar-refractivity contribution is 5.98. The van der Waals surface area contributed by atoms with Crippen LogP contribution in [0, 0.1) is 0 Å². The fraction of sp³-hybridized carbons (Fsp3) is 0.154. The molecule has 0 fully saturated rings. The lowest BCUT2D eigenvalue weighted by molar-refractivity contribution is 0.112. The topological polar surface area (TPSA) is 55.8 Å².